The van der Waals surface area contributed by atoms with E-state index in [0.29, 0.717) is 22.5 Å². The Morgan fingerprint density at radius 3 is 2.66 bits per heavy atom. The molecule has 0 spiro atoms. The molecule has 9 heteroatoms. The molecule has 0 aliphatic heterocycles. The number of aromatic nitrogens is 3. The maximum absolute atomic E-state index is 14.7. The standard InChI is InChI=1S/C23H18F4N4O/c1-31-22(29-10-30-31)15-3-2-13(17-8-23(26,27)21(32)20(15)17)14-4-5-18(25)16-7-12(24)6-11(9-28)19(14)16/h2-3,6-7,10,14,18,21,32H,4-5,8H2,1H3/t14-,18+,21+/m1/s1. The second-order valence-electron chi connectivity index (χ2n) is 8.31. The van der Waals surface area contributed by atoms with E-state index >= 15 is 0 Å². The fourth-order valence-electron chi connectivity index (χ4n) is 5.10. The average molecular weight is 442 g/mol. The maximum atomic E-state index is 14.7. The lowest BCUT2D eigenvalue weighted by molar-refractivity contribution is -0.0966. The molecule has 1 N–H and O–H groups in total. The summed E-state index contributed by atoms with van der Waals surface area (Å²) in [5.41, 5.74) is 1.53. The largest absolute Gasteiger partial charge is 0.382 e. The van der Waals surface area contributed by atoms with Crippen molar-refractivity contribution in [1.82, 2.24) is 14.8 Å². The molecule has 2 aliphatic carbocycles. The number of halogens is 4. The van der Waals surface area contributed by atoms with E-state index in [1.54, 1.807) is 19.2 Å². The van der Waals surface area contributed by atoms with Gasteiger partial charge in [-0.1, -0.05) is 12.1 Å². The van der Waals surface area contributed by atoms with Crippen molar-refractivity contribution >= 4 is 0 Å². The molecule has 2 aromatic carbocycles. The minimum atomic E-state index is -3.40. The lowest BCUT2D eigenvalue weighted by Crippen LogP contribution is -2.22. The summed E-state index contributed by atoms with van der Waals surface area (Å²) in [5, 5.41) is 24.1. The van der Waals surface area contributed by atoms with Crippen molar-refractivity contribution < 1.29 is 22.7 Å². The minimum absolute atomic E-state index is 0.0104. The zero-order chi connectivity index (χ0) is 22.8. The molecule has 3 aromatic rings. The summed E-state index contributed by atoms with van der Waals surface area (Å²) in [6, 6.07) is 7.30. The third kappa shape index (κ3) is 2.93. The van der Waals surface area contributed by atoms with Gasteiger partial charge in [0.2, 0.25) is 0 Å². The number of nitrogens with zero attached hydrogens (tertiary/aromatic N) is 4. The van der Waals surface area contributed by atoms with Crippen molar-refractivity contribution in [2.75, 3.05) is 0 Å². The molecule has 2 aliphatic rings. The number of aliphatic hydroxyl groups is 1. The van der Waals surface area contributed by atoms with Crippen LogP contribution >= 0.6 is 0 Å². The van der Waals surface area contributed by atoms with Crippen molar-refractivity contribution in [2.45, 2.75) is 43.4 Å². The van der Waals surface area contributed by atoms with Gasteiger partial charge >= 0.3 is 0 Å². The van der Waals surface area contributed by atoms with Crippen LogP contribution in [0, 0.1) is 17.1 Å². The van der Waals surface area contributed by atoms with E-state index in [1.807, 2.05) is 6.07 Å². The fourth-order valence-corrected chi connectivity index (χ4v) is 5.10. The molecule has 1 heterocycles. The Morgan fingerprint density at radius 1 is 1.19 bits per heavy atom. The Labute approximate surface area is 180 Å². The quantitative estimate of drug-likeness (QED) is 0.586. The molecule has 0 unspecified atom stereocenters. The molecular formula is C23H18F4N4O. The van der Waals surface area contributed by atoms with Crippen LogP contribution in [-0.2, 0) is 13.5 Å². The van der Waals surface area contributed by atoms with Crippen molar-refractivity contribution in [2.24, 2.45) is 7.05 Å². The van der Waals surface area contributed by atoms with Crippen molar-refractivity contribution in [3.05, 3.63) is 69.8 Å². The molecule has 32 heavy (non-hydrogen) atoms. The average Bonchev–Trinajstić information content (AvgIpc) is 3.28. The van der Waals surface area contributed by atoms with E-state index in [9.17, 15) is 27.9 Å². The molecule has 1 aromatic heterocycles. The van der Waals surface area contributed by atoms with Crippen molar-refractivity contribution in [3.8, 4) is 17.5 Å². The van der Waals surface area contributed by atoms with E-state index in [1.165, 1.54) is 11.0 Å². The van der Waals surface area contributed by atoms with Crippen LogP contribution < -0.4 is 0 Å². The van der Waals surface area contributed by atoms with Crippen LogP contribution in [0.5, 0.6) is 0 Å². The monoisotopic (exact) mass is 442 g/mol. The molecule has 3 atom stereocenters. The van der Waals surface area contributed by atoms with Crippen LogP contribution in [0.4, 0.5) is 17.6 Å². The fraction of sp³-hybridized carbons (Fsp3) is 0.348. The molecule has 0 saturated carbocycles. The summed E-state index contributed by atoms with van der Waals surface area (Å²) in [4.78, 5) is 4.13. The molecule has 0 fully saturated rings. The second-order valence-corrected chi connectivity index (χ2v) is 8.31. The predicted octanol–water partition coefficient (Wildman–Crippen LogP) is 4.65. The van der Waals surface area contributed by atoms with Crippen LogP contribution in [0.15, 0.2) is 30.6 Å². The predicted molar refractivity (Wildman–Crippen MR) is 106 cm³/mol. The summed E-state index contributed by atoms with van der Waals surface area (Å²) in [7, 11) is 1.62. The van der Waals surface area contributed by atoms with Crippen LogP contribution in [0.3, 0.4) is 0 Å². The number of aryl methyl sites for hydroxylation is 1. The highest BCUT2D eigenvalue weighted by Gasteiger charge is 2.50. The first-order chi connectivity index (χ1) is 15.2. The van der Waals surface area contributed by atoms with Gasteiger partial charge in [0.05, 0.1) is 11.6 Å². The second kappa shape index (κ2) is 7.14. The van der Waals surface area contributed by atoms with Gasteiger partial charge in [0.25, 0.3) is 5.92 Å². The Kier molecular flexibility index (Phi) is 4.60. The molecule has 0 bridgehead atoms. The summed E-state index contributed by atoms with van der Waals surface area (Å²) < 4.78 is 59.5. The summed E-state index contributed by atoms with van der Waals surface area (Å²) in [6.07, 6.45) is -2.54. The lowest BCUT2D eigenvalue weighted by Gasteiger charge is -2.31. The molecular weight excluding hydrogens is 424 g/mol. The van der Waals surface area contributed by atoms with Gasteiger partial charge in [-0.25, -0.2) is 27.2 Å². The molecule has 5 nitrogen and oxygen atoms in total. The smallest absolute Gasteiger partial charge is 0.281 e. The number of aliphatic hydroxyl groups excluding tert-OH is 1. The lowest BCUT2D eigenvalue weighted by atomic mass is 9.74. The van der Waals surface area contributed by atoms with Crippen LogP contribution in [0.2, 0.25) is 0 Å². The topological polar surface area (TPSA) is 74.7 Å². The van der Waals surface area contributed by atoms with E-state index in [2.05, 4.69) is 10.1 Å². The minimum Gasteiger partial charge on any atom is -0.382 e. The Bertz CT molecular complexity index is 1280. The van der Waals surface area contributed by atoms with Gasteiger partial charge in [-0.05, 0) is 47.2 Å². The number of benzene rings is 2. The number of alkyl halides is 3. The maximum Gasteiger partial charge on any atom is 0.281 e. The highest BCUT2D eigenvalue weighted by Crippen LogP contribution is 2.52. The number of rotatable bonds is 2. The normalized spacial score (nSPS) is 23.5. The number of hydrogen-bond acceptors (Lipinski definition) is 4. The van der Waals surface area contributed by atoms with Crippen LogP contribution in [0.25, 0.3) is 11.4 Å². The molecule has 0 amide bonds. The highest BCUT2D eigenvalue weighted by atomic mass is 19.3. The van der Waals surface area contributed by atoms with Gasteiger partial charge in [-0.15, -0.1) is 0 Å². The van der Waals surface area contributed by atoms with E-state index < -0.39 is 36.4 Å². The molecule has 0 saturated heterocycles. The molecule has 0 radical (unpaired) electrons. The number of nitriles is 1. The van der Waals surface area contributed by atoms with Gasteiger partial charge < -0.3 is 5.11 Å². The van der Waals surface area contributed by atoms with Gasteiger partial charge in [-0.2, -0.15) is 10.4 Å². The van der Waals surface area contributed by atoms with Crippen LogP contribution in [-0.4, -0.2) is 25.8 Å². The Hall–Kier alpha value is -3.25. The van der Waals surface area contributed by atoms with Crippen molar-refractivity contribution in [1.29, 1.82) is 5.26 Å². The third-order valence-electron chi connectivity index (χ3n) is 6.50. The van der Waals surface area contributed by atoms with Gasteiger partial charge in [0.1, 0.15) is 24.4 Å². The van der Waals surface area contributed by atoms with Gasteiger partial charge in [0.15, 0.2) is 5.82 Å². The summed E-state index contributed by atoms with van der Waals surface area (Å²) in [5.74, 6) is -4.35. The first kappa shape index (κ1) is 20.6. The SMILES string of the molecule is Cn1ncnc1-c1ccc([C@H]2CC[C@H](F)c3cc(F)cc(C#N)c32)c2c1[C@H](O)C(F)(F)C2. The van der Waals surface area contributed by atoms with Gasteiger partial charge in [-0.3, -0.25) is 0 Å². The zero-order valence-corrected chi connectivity index (χ0v) is 17.0. The van der Waals surface area contributed by atoms with Crippen molar-refractivity contribution in [3.63, 3.8) is 0 Å². The zero-order valence-electron chi connectivity index (χ0n) is 17.0. The molecule has 5 rings (SSSR count). The first-order valence-electron chi connectivity index (χ1n) is 10.2. The highest BCUT2D eigenvalue weighted by molar-refractivity contribution is 5.68. The Balaban J connectivity index is 1.75. The summed E-state index contributed by atoms with van der Waals surface area (Å²) >= 11 is 0. The van der Waals surface area contributed by atoms with Gasteiger partial charge in [0, 0.05) is 30.5 Å². The van der Waals surface area contributed by atoms with E-state index in [0.717, 1.165) is 12.1 Å². The van der Waals surface area contributed by atoms with Crippen LogP contribution in [0.1, 0.15) is 64.4 Å². The Morgan fingerprint density at radius 2 is 1.97 bits per heavy atom. The third-order valence-corrected chi connectivity index (χ3v) is 6.50. The number of hydrogen-bond donors (Lipinski definition) is 1. The summed E-state index contributed by atoms with van der Waals surface area (Å²) in [6.45, 7) is 0. The molecule has 164 valence electrons. The number of fused-ring (bicyclic) bond motifs is 2. The first-order valence-corrected chi connectivity index (χ1v) is 10.2. The van der Waals surface area contributed by atoms with E-state index in [4.69, 9.17) is 0 Å². The van der Waals surface area contributed by atoms with E-state index in [-0.39, 0.29) is 35.1 Å².